The molecule has 0 radical (unpaired) electrons. The van der Waals surface area contributed by atoms with Gasteiger partial charge in [-0.1, -0.05) is 46.3 Å². The van der Waals surface area contributed by atoms with Crippen molar-refractivity contribution in [3.63, 3.8) is 0 Å². The molecule has 0 fully saturated rings. The van der Waals surface area contributed by atoms with E-state index in [1.807, 2.05) is 30.3 Å². The summed E-state index contributed by atoms with van der Waals surface area (Å²) in [5.41, 5.74) is 1.04. The molecule has 0 spiro atoms. The molecule has 0 saturated heterocycles. The van der Waals surface area contributed by atoms with E-state index in [2.05, 4.69) is 15.9 Å². The number of hydrogen-bond donors (Lipinski definition) is 0. The largest absolute Gasteiger partial charge is 0.460 e. The van der Waals surface area contributed by atoms with Gasteiger partial charge in [0, 0.05) is 5.33 Å². The summed E-state index contributed by atoms with van der Waals surface area (Å²) < 4.78 is 4.96. The van der Waals surface area contributed by atoms with Crippen LogP contribution in [0.2, 0.25) is 0 Å². The van der Waals surface area contributed by atoms with Gasteiger partial charge in [0.05, 0.1) is 0 Å². The predicted octanol–water partition coefficient (Wildman–Crippen LogP) is 2.69. The third-order valence-electron chi connectivity index (χ3n) is 1.76. The molecule has 13 heavy (non-hydrogen) atoms. The van der Waals surface area contributed by atoms with Gasteiger partial charge in [0.2, 0.25) is 0 Å². The minimum Gasteiger partial charge on any atom is -0.460 e. The first-order valence-corrected chi connectivity index (χ1v) is 5.20. The lowest BCUT2D eigenvalue weighted by molar-refractivity contribution is -0.134. The molecule has 0 aliphatic rings. The van der Waals surface area contributed by atoms with Crippen LogP contribution in [0.25, 0.3) is 0 Å². The Bertz CT molecular complexity index is 248. The second-order valence-corrected chi connectivity index (χ2v) is 3.40. The summed E-state index contributed by atoms with van der Waals surface area (Å²) in [6.07, 6.45) is 0.668. The van der Waals surface area contributed by atoms with E-state index in [-0.39, 0.29) is 6.10 Å². The summed E-state index contributed by atoms with van der Waals surface area (Å²) in [5.74, 6) is 0. The third-order valence-corrected chi connectivity index (χ3v) is 2.22. The third kappa shape index (κ3) is 3.19. The zero-order valence-corrected chi connectivity index (χ0v) is 8.74. The van der Waals surface area contributed by atoms with Crippen LogP contribution in [0.15, 0.2) is 30.3 Å². The Hall–Kier alpha value is -0.830. The maximum Gasteiger partial charge on any atom is 0.293 e. The van der Waals surface area contributed by atoms with Crippen LogP contribution in [0.4, 0.5) is 0 Å². The minimum atomic E-state index is -0.127. The summed E-state index contributed by atoms with van der Waals surface area (Å²) in [6, 6.07) is 9.72. The Morgan fingerprint density at radius 2 is 2.08 bits per heavy atom. The van der Waals surface area contributed by atoms with Gasteiger partial charge in [-0.3, -0.25) is 4.79 Å². The van der Waals surface area contributed by atoms with Gasteiger partial charge in [0.1, 0.15) is 6.10 Å². The number of alkyl halides is 1. The average molecular weight is 243 g/mol. The predicted molar refractivity (Wildman–Crippen MR) is 54.7 cm³/mol. The van der Waals surface area contributed by atoms with Crippen LogP contribution in [0, 0.1) is 0 Å². The SMILES string of the molecule is O=COC(CCBr)c1ccccc1. The molecule has 0 saturated carbocycles. The summed E-state index contributed by atoms with van der Waals surface area (Å²) in [6.45, 7) is 0.500. The Morgan fingerprint density at radius 1 is 1.38 bits per heavy atom. The molecule has 1 rings (SSSR count). The van der Waals surface area contributed by atoms with Crippen molar-refractivity contribution in [3.05, 3.63) is 35.9 Å². The highest BCUT2D eigenvalue weighted by Gasteiger charge is 2.09. The van der Waals surface area contributed by atoms with Crippen LogP contribution in [-0.4, -0.2) is 11.8 Å². The average Bonchev–Trinajstić information content (AvgIpc) is 2.19. The molecule has 0 bridgehead atoms. The number of carbonyl (C=O) groups is 1. The van der Waals surface area contributed by atoms with Gasteiger partial charge >= 0.3 is 0 Å². The fraction of sp³-hybridized carbons (Fsp3) is 0.300. The Kier molecular flexibility index (Phi) is 4.54. The lowest BCUT2D eigenvalue weighted by atomic mass is 10.1. The lowest BCUT2D eigenvalue weighted by Crippen LogP contribution is -2.03. The molecule has 0 amide bonds. The first kappa shape index (κ1) is 10.3. The lowest BCUT2D eigenvalue weighted by Gasteiger charge is -2.13. The first-order valence-electron chi connectivity index (χ1n) is 4.08. The van der Waals surface area contributed by atoms with Crippen LogP contribution in [0.1, 0.15) is 18.1 Å². The van der Waals surface area contributed by atoms with E-state index < -0.39 is 0 Å². The van der Waals surface area contributed by atoms with Gasteiger partial charge in [0.25, 0.3) is 6.47 Å². The molecule has 3 heteroatoms. The Morgan fingerprint density at radius 3 is 2.62 bits per heavy atom. The number of carbonyl (C=O) groups excluding carboxylic acids is 1. The van der Waals surface area contributed by atoms with E-state index in [1.54, 1.807) is 0 Å². The molecular weight excluding hydrogens is 232 g/mol. The molecule has 1 unspecified atom stereocenters. The van der Waals surface area contributed by atoms with Crippen LogP contribution >= 0.6 is 15.9 Å². The molecular formula is C10H11BrO2. The van der Waals surface area contributed by atoms with Crippen molar-refractivity contribution in [2.24, 2.45) is 0 Å². The molecule has 0 heterocycles. The number of rotatable bonds is 5. The van der Waals surface area contributed by atoms with E-state index >= 15 is 0 Å². The number of halogens is 1. The normalized spacial score (nSPS) is 12.1. The molecule has 2 nitrogen and oxygen atoms in total. The highest BCUT2D eigenvalue weighted by atomic mass is 79.9. The van der Waals surface area contributed by atoms with E-state index in [0.29, 0.717) is 6.47 Å². The van der Waals surface area contributed by atoms with Gasteiger partial charge in [-0.25, -0.2) is 0 Å². The standard InChI is InChI=1S/C10H11BrO2/c11-7-6-10(13-8-12)9-4-2-1-3-5-9/h1-5,8,10H,6-7H2. The summed E-state index contributed by atoms with van der Waals surface area (Å²) in [4.78, 5) is 10.2. The maximum atomic E-state index is 10.2. The summed E-state index contributed by atoms with van der Waals surface area (Å²) in [5, 5.41) is 0.820. The molecule has 0 aromatic heterocycles. The quantitative estimate of drug-likeness (QED) is 0.587. The molecule has 1 aromatic rings. The van der Waals surface area contributed by atoms with Crippen molar-refractivity contribution >= 4 is 22.4 Å². The van der Waals surface area contributed by atoms with Gasteiger partial charge in [-0.05, 0) is 12.0 Å². The van der Waals surface area contributed by atoms with Crippen LogP contribution in [0.5, 0.6) is 0 Å². The van der Waals surface area contributed by atoms with Gasteiger partial charge in [-0.2, -0.15) is 0 Å². The zero-order valence-electron chi connectivity index (χ0n) is 7.15. The fourth-order valence-electron chi connectivity index (χ4n) is 1.15. The van der Waals surface area contributed by atoms with Gasteiger partial charge in [0.15, 0.2) is 0 Å². The number of ether oxygens (including phenoxy) is 1. The van der Waals surface area contributed by atoms with Crippen LogP contribution in [-0.2, 0) is 9.53 Å². The second kappa shape index (κ2) is 5.75. The van der Waals surface area contributed by atoms with E-state index in [1.165, 1.54) is 0 Å². The second-order valence-electron chi connectivity index (χ2n) is 2.61. The van der Waals surface area contributed by atoms with Crippen LogP contribution < -0.4 is 0 Å². The minimum absolute atomic E-state index is 0.127. The van der Waals surface area contributed by atoms with Crippen molar-refractivity contribution < 1.29 is 9.53 Å². The summed E-state index contributed by atoms with van der Waals surface area (Å²) >= 11 is 3.32. The zero-order chi connectivity index (χ0) is 9.52. The maximum absolute atomic E-state index is 10.2. The Labute approximate surface area is 86.0 Å². The monoisotopic (exact) mass is 242 g/mol. The van der Waals surface area contributed by atoms with Crippen molar-refractivity contribution in [2.45, 2.75) is 12.5 Å². The highest BCUT2D eigenvalue weighted by molar-refractivity contribution is 9.09. The molecule has 0 N–H and O–H groups in total. The Balaban J connectivity index is 2.69. The van der Waals surface area contributed by atoms with Crippen molar-refractivity contribution in [2.75, 3.05) is 5.33 Å². The molecule has 0 aliphatic carbocycles. The number of hydrogen-bond acceptors (Lipinski definition) is 2. The van der Waals surface area contributed by atoms with E-state index in [9.17, 15) is 4.79 Å². The molecule has 1 atom stereocenters. The van der Waals surface area contributed by atoms with Crippen molar-refractivity contribution in [1.29, 1.82) is 0 Å². The highest BCUT2D eigenvalue weighted by Crippen LogP contribution is 2.20. The molecule has 70 valence electrons. The first-order chi connectivity index (χ1) is 6.38. The van der Waals surface area contributed by atoms with Crippen molar-refractivity contribution in [1.82, 2.24) is 0 Å². The van der Waals surface area contributed by atoms with Gasteiger partial charge < -0.3 is 4.74 Å². The van der Waals surface area contributed by atoms with Gasteiger partial charge in [-0.15, -0.1) is 0 Å². The smallest absolute Gasteiger partial charge is 0.293 e. The topological polar surface area (TPSA) is 26.3 Å². The molecule has 1 aromatic carbocycles. The fourth-order valence-corrected chi connectivity index (χ4v) is 1.56. The molecule has 0 aliphatic heterocycles. The number of benzene rings is 1. The van der Waals surface area contributed by atoms with E-state index in [0.717, 1.165) is 17.3 Å². The van der Waals surface area contributed by atoms with Crippen LogP contribution in [0.3, 0.4) is 0 Å². The van der Waals surface area contributed by atoms with E-state index in [4.69, 9.17) is 4.74 Å². The van der Waals surface area contributed by atoms with Crippen molar-refractivity contribution in [3.8, 4) is 0 Å². The summed E-state index contributed by atoms with van der Waals surface area (Å²) in [7, 11) is 0.